The molecule has 26 heavy (non-hydrogen) atoms. The van der Waals surface area contributed by atoms with Crippen LogP contribution in [0, 0.1) is 11.7 Å². The van der Waals surface area contributed by atoms with Crippen LogP contribution >= 0.6 is 23.2 Å². The molecule has 0 aliphatic carbocycles. The molecule has 1 N–H and O–H groups in total. The summed E-state index contributed by atoms with van der Waals surface area (Å²) in [6, 6.07) is 10.6. The second-order valence-corrected chi connectivity index (χ2v) is 6.98. The maximum atomic E-state index is 13.3. The van der Waals surface area contributed by atoms with Crippen molar-refractivity contribution in [1.29, 1.82) is 0 Å². The largest absolute Gasteiger partial charge is 0.339 e. The van der Waals surface area contributed by atoms with Crippen molar-refractivity contribution in [3.8, 4) is 0 Å². The van der Waals surface area contributed by atoms with Gasteiger partial charge in [0.25, 0.3) is 5.91 Å². The van der Waals surface area contributed by atoms with Crippen molar-refractivity contribution >= 4 is 40.7 Å². The number of rotatable bonds is 3. The number of carbonyl (C=O) groups excluding carboxylic acids is 2. The van der Waals surface area contributed by atoms with Crippen LogP contribution in [-0.2, 0) is 4.79 Å². The number of nitrogens with one attached hydrogen (secondary N) is 1. The van der Waals surface area contributed by atoms with Gasteiger partial charge in [0, 0.05) is 24.6 Å². The lowest BCUT2D eigenvalue weighted by molar-refractivity contribution is -0.121. The van der Waals surface area contributed by atoms with Crippen molar-refractivity contribution in [2.75, 3.05) is 18.4 Å². The summed E-state index contributed by atoms with van der Waals surface area (Å²) >= 11 is 12.2. The third kappa shape index (κ3) is 4.17. The van der Waals surface area contributed by atoms with Crippen LogP contribution in [0.3, 0.4) is 0 Å². The smallest absolute Gasteiger partial charge is 0.253 e. The molecular weight excluding hydrogens is 378 g/mol. The minimum absolute atomic E-state index is 0.169. The molecule has 0 atom stereocenters. The predicted molar refractivity (Wildman–Crippen MR) is 100 cm³/mol. The van der Waals surface area contributed by atoms with E-state index < -0.39 is 5.82 Å². The topological polar surface area (TPSA) is 49.4 Å². The summed E-state index contributed by atoms with van der Waals surface area (Å²) in [5.74, 6) is -1.07. The summed E-state index contributed by atoms with van der Waals surface area (Å²) in [6.07, 6.45) is 1.05. The van der Waals surface area contributed by atoms with Crippen molar-refractivity contribution in [1.82, 2.24) is 4.90 Å². The zero-order valence-corrected chi connectivity index (χ0v) is 15.4. The molecule has 1 fully saturated rings. The number of likely N-dealkylation sites (tertiary alicyclic amines) is 1. The van der Waals surface area contributed by atoms with Gasteiger partial charge in [0.2, 0.25) is 5.91 Å². The average Bonchev–Trinajstić information content (AvgIpc) is 2.64. The highest BCUT2D eigenvalue weighted by atomic mass is 35.5. The Hall–Kier alpha value is -2.11. The standard InChI is InChI=1S/C19H17Cl2FN2O2/c20-15-5-2-6-16(21)17(15)23-18(25)12-7-9-24(10-8-12)19(26)13-3-1-4-14(22)11-13/h1-6,11-12H,7-10H2,(H,23,25). The van der Waals surface area contributed by atoms with Crippen molar-refractivity contribution in [3.63, 3.8) is 0 Å². The third-order valence-electron chi connectivity index (χ3n) is 4.44. The first-order valence-corrected chi connectivity index (χ1v) is 9.01. The van der Waals surface area contributed by atoms with Gasteiger partial charge < -0.3 is 10.2 Å². The molecule has 2 aromatic rings. The van der Waals surface area contributed by atoms with E-state index >= 15 is 0 Å². The fraction of sp³-hybridized carbons (Fsp3) is 0.263. The van der Waals surface area contributed by atoms with Crippen LogP contribution in [-0.4, -0.2) is 29.8 Å². The zero-order valence-electron chi connectivity index (χ0n) is 13.8. The summed E-state index contributed by atoms with van der Waals surface area (Å²) in [4.78, 5) is 26.6. The minimum atomic E-state index is -0.443. The van der Waals surface area contributed by atoms with Gasteiger partial charge in [-0.3, -0.25) is 9.59 Å². The van der Waals surface area contributed by atoms with Crippen LogP contribution < -0.4 is 5.32 Å². The minimum Gasteiger partial charge on any atom is -0.339 e. The van der Waals surface area contributed by atoms with Crippen molar-refractivity contribution in [3.05, 3.63) is 63.9 Å². The first-order valence-electron chi connectivity index (χ1n) is 8.25. The average molecular weight is 395 g/mol. The highest BCUT2D eigenvalue weighted by Gasteiger charge is 2.28. The number of para-hydroxylation sites is 1. The number of piperidine rings is 1. The lowest BCUT2D eigenvalue weighted by Gasteiger charge is -2.31. The number of amides is 2. The van der Waals surface area contributed by atoms with Gasteiger partial charge >= 0.3 is 0 Å². The molecule has 0 spiro atoms. The number of benzene rings is 2. The Kier molecular flexibility index (Phi) is 5.79. The van der Waals surface area contributed by atoms with E-state index in [4.69, 9.17) is 23.2 Å². The molecule has 3 rings (SSSR count). The maximum Gasteiger partial charge on any atom is 0.253 e. The Morgan fingerprint density at radius 3 is 2.27 bits per heavy atom. The number of hydrogen-bond donors (Lipinski definition) is 1. The first kappa shape index (κ1) is 18.7. The van der Waals surface area contributed by atoms with Gasteiger partial charge in [-0.25, -0.2) is 4.39 Å². The second-order valence-electron chi connectivity index (χ2n) is 6.16. The Morgan fingerprint density at radius 2 is 1.65 bits per heavy atom. The van der Waals surface area contributed by atoms with E-state index in [2.05, 4.69) is 5.32 Å². The normalized spacial score (nSPS) is 15.0. The fourth-order valence-electron chi connectivity index (χ4n) is 2.99. The number of carbonyl (C=O) groups is 2. The monoisotopic (exact) mass is 394 g/mol. The van der Waals surface area contributed by atoms with E-state index in [0.29, 0.717) is 47.2 Å². The Labute approximate surface area is 160 Å². The fourth-order valence-corrected chi connectivity index (χ4v) is 3.48. The van der Waals surface area contributed by atoms with E-state index in [1.807, 2.05) is 0 Å². The van der Waals surface area contributed by atoms with Crippen LogP contribution in [0.1, 0.15) is 23.2 Å². The zero-order chi connectivity index (χ0) is 18.7. The number of hydrogen-bond acceptors (Lipinski definition) is 2. The Balaban J connectivity index is 1.60. The van der Waals surface area contributed by atoms with Gasteiger partial charge in [0.1, 0.15) is 5.82 Å². The predicted octanol–water partition coefficient (Wildman–Crippen LogP) is 4.62. The molecular formula is C19H17Cl2FN2O2. The SMILES string of the molecule is O=C(Nc1c(Cl)cccc1Cl)C1CCN(C(=O)c2cccc(F)c2)CC1. The summed E-state index contributed by atoms with van der Waals surface area (Å²) in [7, 11) is 0. The molecule has 4 nitrogen and oxygen atoms in total. The van der Waals surface area contributed by atoms with Crippen LogP contribution in [0.25, 0.3) is 0 Å². The van der Waals surface area contributed by atoms with E-state index in [1.54, 1.807) is 29.2 Å². The van der Waals surface area contributed by atoms with Gasteiger partial charge in [-0.2, -0.15) is 0 Å². The van der Waals surface area contributed by atoms with Crippen molar-refractivity contribution < 1.29 is 14.0 Å². The van der Waals surface area contributed by atoms with Crippen molar-refractivity contribution in [2.45, 2.75) is 12.8 Å². The highest BCUT2D eigenvalue weighted by molar-refractivity contribution is 6.39. The Bertz CT molecular complexity index is 816. The van der Waals surface area contributed by atoms with Gasteiger partial charge in [0.15, 0.2) is 0 Å². The molecule has 1 aliphatic heterocycles. The molecule has 0 saturated carbocycles. The van der Waals surface area contributed by atoms with E-state index in [9.17, 15) is 14.0 Å². The molecule has 1 heterocycles. The molecule has 1 aliphatic rings. The molecule has 0 radical (unpaired) electrons. The summed E-state index contributed by atoms with van der Waals surface area (Å²) in [6.45, 7) is 0.868. The van der Waals surface area contributed by atoms with Crippen LogP contribution in [0.15, 0.2) is 42.5 Å². The molecule has 2 aromatic carbocycles. The van der Waals surface area contributed by atoms with Gasteiger partial charge in [-0.15, -0.1) is 0 Å². The molecule has 0 aromatic heterocycles. The van der Waals surface area contributed by atoms with E-state index in [1.165, 1.54) is 18.2 Å². The molecule has 7 heteroatoms. The highest BCUT2D eigenvalue weighted by Crippen LogP contribution is 2.31. The summed E-state index contributed by atoms with van der Waals surface area (Å²) in [5.41, 5.74) is 0.717. The van der Waals surface area contributed by atoms with E-state index in [0.717, 1.165) is 0 Å². The van der Waals surface area contributed by atoms with Gasteiger partial charge in [-0.1, -0.05) is 35.3 Å². The summed E-state index contributed by atoms with van der Waals surface area (Å²) < 4.78 is 13.3. The quantitative estimate of drug-likeness (QED) is 0.825. The van der Waals surface area contributed by atoms with Crippen LogP contribution in [0.2, 0.25) is 10.0 Å². The Morgan fingerprint density at radius 1 is 1.04 bits per heavy atom. The molecule has 2 amide bonds. The molecule has 0 bridgehead atoms. The third-order valence-corrected chi connectivity index (χ3v) is 5.07. The van der Waals surface area contributed by atoms with Crippen molar-refractivity contribution in [2.24, 2.45) is 5.92 Å². The summed E-state index contributed by atoms with van der Waals surface area (Å²) in [5, 5.41) is 3.53. The first-order chi connectivity index (χ1) is 12.5. The second kappa shape index (κ2) is 8.06. The molecule has 1 saturated heterocycles. The van der Waals surface area contributed by atoms with Crippen LogP contribution in [0.5, 0.6) is 0 Å². The van der Waals surface area contributed by atoms with Gasteiger partial charge in [0.05, 0.1) is 15.7 Å². The maximum absolute atomic E-state index is 13.3. The molecule has 0 unspecified atom stereocenters. The lowest BCUT2D eigenvalue weighted by Crippen LogP contribution is -2.41. The molecule has 136 valence electrons. The van der Waals surface area contributed by atoms with E-state index in [-0.39, 0.29) is 17.7 Å². The lowest BCUT2D eigenvalue weighted by atomic mass is 9.95. The van der Waals surface area contributed by atoms with Crippen LogP contribution in [0.4, 0.5) is 10.1 Å². The van der Waals surface area contributed by atoms with Gasteiger partial charge in [-0.05, 0) is 43.2 Å². The number of nitrogens with zero attached hydrogens (tertiary/aromatic N) is 1. The number of halogens is 3. The number of anilines is 1.